The summed E-state index contributed by atoms with van der Waals surface area (Å²) in [5, 5.41) is 4.83. The molecule has 1 fully saturated rings. The van der Waals surface area contributed by atoms with Crippen molar-refractivity contribution < 1.29 is 14.4 Å². The van der Waals surface area contributed by atoms with Crippen molar-refractivity contribution in [2.75, 3.05) is 0 Å². The van der Waals surface area contributed by atoms with Crippen molar-refractivity contribution in [1.82, 2.24) is 20.6 Å². The van der Waals surface area contributed by atoms with E-state index in [0.717, 1.165) is 5.56 Å². The number of benzene rings is 1. The number of hydrogen-bond acceptors (Lipinski definition) is 5. The summed E-state index contributed by atoms with van der Waals surface area (Å²) >= 11 is 0. The summed E-state index contributed by atoms with van der Waals surface area (Å²) in [4.78, 5) is 43.8. The van der Waals surface area contributed by atoms with Crippen molar-refractivity contribution in [2.45, 2.75) is 25.8 Å². The van der Waals surface area contributed by atoms with Crippen molar-refractivity contribution in [3.05, 3.63) is 47.8 Å². The van der Waals surface area contributed by atoms with Gasteiger partial charge in [0.15, 0.2) is 5.82 Å². The van der Waals surface area contributed by atoms with Crippen LogP contribution in [0.15, 0.2) is 36.5 Å². The van der Waals surface area contributed by atoms with Gasteiger partial charge in [-0.05, 0) is 13.3 Å². The maximum absolute atomic E-state index is 12.4. The average Bonchev–Trinajstić information content (AvgIpc) is 2.58. The van der Waals surface area contributed by atoms with Crippen molar-refractivity contribution in [3.63, 3.8) is 0 Å². The predicted molar refractivity (Wildman–Crippen MR) is 85.8 cm³/mol. The van der Waals surface area contributed by atoms with Crippen LogP contribution in [0.5, 0.6) is 0 Å². The summed E-state index contributed by atoms with van der Waals surface area (Å²) in [6.45, 7) is 1.72. The van der Waals surface area contributed by atoms with Gasteiger partial charge in [-0.1, -0.05) is 30.3 Å². The summed E-state index contributed by atoms with van der Waals surface area (Å²) in [6.07, 6.45) is 1.95. The van der Waals surface area contributed by atoms with Gasteiger partial charge in [0.2, 0.25) is 11.8 Å². The Balaban J connectivity index is 1.76. The third-order valence-corrected chi connectivity index (χ3v) is 3.80. The molecular formula is C17H16N4O3. The normalized spacial score (nSPS) is 17.3. The quantitative estimate of drug-likeness (QED) is 0.820. The standard InChI is InChI=1S/C17H16N4O3/c1-10-12(9-18-15(19-10)11-5-3-2-4-6-11)16(23)20-13-7-8-14(22)21-17(13)24/h2-6,9,13H,7-8H2,1H3,(H,20,23)(H,21,22,24). The number of amides is 3. The van der Waals surface area contributed by atoms with Gasteiger partial charge in [0.05, 0.1) is 11.3 Å². The van der Waals surface area contributed by atoms with Crippen LogP contribution >= 0.6 is 0 Å². The molecule has 7 heteroatoms. The van der Waals surface area contributed by atoms with E-state index in [2.05, 4.69) is 20.6 Å². The largest absolute Gasteiger partial charge is 0.340 e. The first-order chi connectivity index (χ1) is 11.5. The number of nitrogens with one attached hydrogen (secondary N) is 2. The molecule has 1 aromatic heterocycles. The fourth-order valence-electron chi connectivity index (χ4n) is 2.48. The summed E-state index contributed by atoms with van der Waals surface area (Å²) < 4.78 is 0. The molecule has 2 heterocycles. The monoisotopic (exact) mass is 324 g/mol. The molecule has 1 saturated heterocycles. The van der Waals surface area contributed by atoms with Gasteiger partial charge in [0.1, 0.15) is 6.04 Å². The van der Waals surface area contributed by atoms with Crippen LogP contribution in [0.4, 0.5) is 0 Å². The van der Waals surface area contributed by atoms with E-state index >= 15 is 0 Å². The van der Waals surface area contributed by atoms with E-state index in [1.807, 2.05) is 30.3 Å². The fraction of sp³-hybridized carbons (Fsp3) is 0.235. The first-order valence-electron chi connectivity index (χ1n) is 7.58. The van der Waals surface area contributed by atoms with Crippen LogP contribution in [0.25, 0.3) is 11.4 Å². The van der Waals surface area contributed by atoms with Crippen LogP contribution in [0.3, 0.4) is 0 Å². The number of hydrogen-bond donors (Lipinski definition) is 2. The van der Waals surface area contributed by atoms with E-state index in [0.29, 0.717) is 23.5 Å². The maximum Gasteiger partial charge on any atom is 0.255 e. The SMILES string of the molecule is Cc1nc(-c2ccccc2)ncc1C(=O)NC1CCC(=O)NC1=O. The first-order valence-corrected chi connectivity index (χ1v) is 7.58. The number of nitrogens with zero attached hydrogens (tertiary/aromatic N) is 2. The van der Waals surface area contributed by atoms with Crippen molar-refractivity contribution >= 4 is 17.7 Å². The highest BCUT2D eigenvalue weighted by Gasteiger charge is 2.28. The molecule has 1 aliphatic heterocycles. The number of aryl methyl sites for hydroxylation is 1. The van der Waals surface area contributed by atoms with Crippen LogP contribution < -0.4 is 10.6 Å². The minimum atomic E-state index is -0.719. The van der Waals surface area contributed by atoms with Gasteiger partial charge in [0, 0.05) is 18.2 Å². The Hall–Kier alpha value is -3.09. The molecule has 1 unspecified atom stereocenters. The first kappa shape index (κ1) is 15.8. The van der Waals surface area contributed by atoms with Gasteiger partial charge < -0.3 is 5.32 Å². The van der Waals surface area contributed by atoms with Crippen molar-refractivity contribution in [3.8, 4) is 11.4 Å². The maximum atomic E-state index is 12.4. The molecule has 0 spiro atoms. The Morgan fingerprint density at radius 3 is 2.67 bits per heavy atom. The number of aromatic nitrogens is 2. The van der Waals surface area contributed by atoms with Gasteiger partial charge in [0.25, 0.3) is 5.91 Å². The zero-order valence-corrected chi connectivity index (χ0v) is 13.1. The molecule has 1 aromatic carbocycles. The van der Waals surface area contributed by atoms with Gasteiger partial charge in [-0.2, -0.15) is 0 Å². The number of carbonyl (C=O) groups excluding carboxylic acids is 3. The molecule has 1 aliphatic rings. The van der Waals surface area contributed by atoms with E-state index in [1.54, 1.807) is 6.92 Å². The smallest absolute Gasteiger partial charge is 0.255 e. The fourth-order valence-corrected chi connectivity index (χ4v) is 2.48. The lowest BCUT2D eigenvalue weighted by atomic mass is 10.1. The molecule has 122 valence electrons. The summed E-state index contributed by atoms with van der Waals surface area (Å²) in [7, 11) is 0. The van der Waals surface area contributed by atoms with Crippen LogP contribution in [-0.4, -0.2) is 33.7 Å². The number of carbonyl (C=O) groups is 3. The Morgan fingerprint density at radius 2 is 2.00 bits per heavy atom. The zero-order chi connectivity index (χ0) is 17.1. The second kappa shape index (κ2) is 6.57. The third kappa shape index (κ3) is 3.29. The molecule has 0 aliphatic carbocycles. The van der Waals surface area contributed by atoms with Crippen LogP contribution in [0, 0.1) is 6.92 Å². The van der Waals surface area contributed by atoms with E-state index in [4.69, 9.17) is 0 Å². The number of imide groups is 1. The Kier molecular flexibility index (Phi) is 4.33. The molecule has 1 atom stereocenters. The lowest BCUT2D eigenvalue weighted by Gasteiger charge is -2.22. The van der Waals surface area contributed by atoms with E-state index in [1.165, 1.54) is 6.20 Å². The topological polar surface area (TPSA) is 101 Å². The minimum absolute atomic E-state index is 0.207. The highest BCUT2D eigenvalue weighted by atomic mass is 16.2. The van der Waals surface area contributed by atoms with Gasteiger partial charge in [-0.3, -0.25) is 19.7 Å². The summed E-state index contributed by atoms with van der Waals surface area (Å²) in [6, 6.07) is 8.73. The highest BCUT2D eigenvalue weighted by molar-refractivity contribution is 6.04. The molecule has 2 N–H and O–H groups in total. The van der Waals surface area contributed by atoms with E-state index in [9.17, 15) is 14.4 Å². The molecule has 2 aromatic rings. The molecule has 0 saturated carbocycles. The number of piperidine rings is 1. The Bertz CT molecular complexity index is 805. The van der Waals surface area contributed by atoms with Crippen LogP contribution in [0.2, 0.25) is 0 Å². The Labute approximate surface area is 138 Å². The molecule has 0 bridgehead atoms. The molecule has 7 nitrogen and oxygen atoms in total. The summed E-state index contributed by atoms with van der Waals surface area (Å²) in [5.74, 6) is -0.705. The molecule has 3 amide bonds. The molecule has 0 radical (unpaired) electrons. The zero-order valence-electron chi connectivity index (χ0n) is 13.1. The van der Waals surface area contributed by atoms with E-state index < -0.39 is 17.9 Å². The molecule has 24 heavy (non-hydrogen) atoms. The number of rotatable bonds is 3. The van der Waals surface area contributed by atoms with Crippen LogP contribution in [0.1, 0.15) is 28.9 Å². The summed E-state index contributed by atoms with van der Waals surface area (Å²) in [5.41, 5.74) is 1.69. The predicted octanol–water partition coefficient (Wildman–Crippen LogP) is 0.987. The van der Waals surface area contributed by atoms with Gasteiger partial charge in [-0.15, -0.1) is 0 Å². The second-order valence-corrected chi connectivity index (χ2v) is 5.54. The minimum Gasteiger partial charge on any atom is -0.340 e. The molecule has 3 rings (SSSR count). The Morgan fingerprint density at radius 1 is 1.25 bits per heavy atom. The van der Waals surface area contributed by atoms with Crippen molar-refractivity contribution in [2.24, 2.45) is 0 Å². The third-order valence-electron chi connectivity index (χ3n) is 3.80. The average molecular weight is 324 g/mol. The lowest BCUT2D eigenvalue weighted by molar-refractivity contribution is -0.134. The van der Waals surface area contributed by atoms with E-state index in [-0.39, 0.29) is 12.3 Å². The highest BCUT2D eigenvalue weighted by Crippen LogP contribution is 2.16. The van der Waals surface area contributed by atoms with Gasteiger partial charge in [-0.25, -0.2) is 9.97 Å². The second-order valence-electron chi connectivity index (χ2n) is 5.54. The lowest BCUT2D eigenvalue weighted by Crippen LogP contribution is -2.52. The van der Waals surface area contributed by atoms with Crippen molar-refractivity contribution in [1.29, 1.82) is 0 Å². The molecular weight excluding hydrogens is 308 g/mol. The van der Waals surface area contributed by atoms with Gasteiger partial charge >= 0.3 is 0 Å². The van der Waals surface area contributed by atoms with Crippen LogP contribution in [-0.2, 0) is 9.59 Å².